The Labute approximate surface area is 174 Å². The maximum Gasteiger partial charge on any atom is 0.337 e. The van der Waals surface area contributed by atoms with Gasteiger partial charge in [-0.15, -0.1) is 0 Å². The summed E-state index contributed by atoms with van der Waals surface area (Å²) in [6.07, 6.45) is -12.0. The van der Waals surface area contributed by atoms with E-state index in [9.17, 15) is 50.1 Å². The van der Waals surface area contributed by atoms with Gasteiger partial charge in [0.05, 0.1) is 38.4 Å². The van der Waals surface area contributed by atoms with E-state index in [4.69, 9.17) is 14.2 Å². The third-order valence-corrected chi connectivity index (χ3v) is 5.05. The van der Waals surface area contributed by atoms with Crippen molar-refractivity contribution >= 4 is 17.9 Å². The minimum absolute atomic E-state index is 0.470. The lowest BCUT2D eigenvalue weighted by molar-refractivity contribution is -0.359. The van der Waals surface area contributed by atoms with Crippen molar-refractivity contribution in [3.63, 3.8) is 0 Å². The Morgan fingerprint density at radius 2 is 1.74 bits per heavy atom. The van der Waals surface area contributed by atoms with Gasteiger partial charge >= 0.3 is 17.9 Å². The van der Waals surface area contributed by atoms with E-state index in [0.717, 1.165) is 13.4 Å². The molecule has 14 nitrogen and oxygen atoms in total. The third-order valence-electron chi connectivity index (χ3n) is 5.05. The number of aliphatic hydroxyl groups is 5. The van der Waals surface area contributed by atoms with Crippen LogP contribution >= 0.6 is 0 Å². The molecule has 0 aliphatic carbocycles. The second-order valence-electron chi connectivity index (χ2n) is 7.08. The number of aliphatic carboxylic acids is 2. The van der Waals surface area contributed by atoms with E-state index in [1.54, 1.807) is 0 Å². The molecule has 176 valence electrons. The molecule has 0 saturated carbocycles. The van der Waals surface area contributed by atoms with Crippen LogP contribution in [-0.2, 0) is 33.3 Å². The van der Waals surface area contributed by atoms with Crippen molar-refractivity contribution in [1.82, 2.24) is 0 Å². The lowest BCUT2D eigenvalue weighted by Crippen LogP contribution is -2.63. The van der Waals surface area contributed by atoms with Crippen LogP contribution in [0.3, 0.4) is 0 Å². The standard InChI is InChI=1S/C17H24O14/c1-28-14(26)6-5-29-16(17(27,3-10(21)22)7(6)2-9(19)20)31-15-13(25)12(24)11(23)8(4-18)30-15/h5,7-8,11-13,15-16,18,23-25,27H,2-4H2,1H3,(H,19,20)(H,21,22)/t7-,8-,11-,12+,13-,15+,16-,17-/m1/s1. The molecule has 2 rings (SSSR count). The van der Waals surface area contributed by atoms with Gasteiger partial charge in [-0.2, -0.15) is 0 Å². The molecular formula is C17H24O14. The first-order valence-corrected chi connectivity index (χ1v) is 9.02. The highest BCUT2D eigenvalue weighted by Gasteiger charge is 2.56. The quantitative estimate of drug-likeness (QED) is 0.177. The number of carboxylic acid groups (broad SMARTS) is 2. The fourth-order valence-corrected chi connectivity index (χ4v) is 3.44. The summed E-state index contributed by atoms with van der Waals surface area (Å²) in [5, 5.41) is 68.7. The first kappa shape index (κ1) is 24.9. The average molecular weight is 452 g/mol. The summed E-state index contributed by atoms with van der Waals surface area (Å²) in [6, 6.07) is 0. The Morgan fingerprint density at radius 1 is 1.10 bits per heavy atom. The predicted octanol–water partition coefficient (Wildman–Crippen LogP) is -3.49. The van der Waals surface area contributed by atoms with Gasteiger partial charge in [0.25, 0.3) is 0 Å². The molecule has 2 aliphatic rings. The van der Waals surface area contributed by atoms with Crippen molar-refractivity contribution in [3.05, 3.63) is 11.8 Å². The second kappa shape index (κ2) is 9.86. The largest absolute Gasteiger partial charge is 0.481 e. The fraction of sp³-hybridized carbons (Fsp3) is 0.706. The molecule has 0 aromatic heterocycles. The van der Waals surface area contributed by atoms with Crippen LogP contribution in [0.15, 0.2) is 11.8 Å². The van der Waals surface area contributed by atoms with Crippen molar-refractivity contribution in [3.8, 4) is 0 Å². The number of aliphatic hydroxyl groups excluding tert-OH is 4. The Bertz CT molecular complexity index is 720. The van der Waals surface area contributed by atoms with Gasteiger partial charge in [0.2, 0.25) is 6.29 Å². The minimum atomic E-state index is -2.67. The van der Waals surface area contributed by atoms with E-state index in [1.807, 2.05) is 0 Å². The lowest BCUT2D eigenvalue weighted by atomic mass is 9.75. The number of methoxy groups -OCH3 is 1. The summed E-state index contributed by atoms with van der Waals surface area (Å²) in [4.78, 5) is 34.8. The van der Waals surface area contributed by atoms with Gasteiger partial charge < -0.3 is 54.7 Å². The van der Waals surface area contributed by atoms with E-state index < -0.39 is 91.4 Å². The highest BCUT2D eigenvalue weighted by atomic mass is 16.8. The van der Waals surface area contributed by atoms with Crippen molar-refractivity contribution in [2.75, 3.05) is 13.7 Å². The summed E-state index contributed by atoms with van der Waals surface area (Å²) < 4.78 is 20.1. The van der Waals surface area contributed by atoms with Crippen molar-refractivity contribution in [2.24, 2.45) is 5.92 Å². The summed E-state index contributed by atoms with van der Waals surface area (Å²) in [5.41, 5.74) is -3.14. The normalized spacial score (nSPS) is 38.0. The van der Waals surface area contributed by atoms with Crippen molar-refractivity contribution in [2.45, 2.75) is 55.4 Å². The minimum Gasteiger partial charge on any atom is -0.481 e. The first-order valence-electron chi connectivity index (χ1n) is 9.02. The molecule has 1 saturated heterocycles. The molecule has 7 N–H and O–H groups in total. The Balaban J connectivity index is 2.42. The lowest BCUT2D eigenvalue weighted by Gasteiger charge is -2.46. The van der Waals surface area contributed by atoms with Gasteiger partial charge in [-0.25, -0.2) is 4.79 Å². The molecule has 0 aromatic rings. The zero-order valence-electron chi connectivity index (χ0n) is 16.2. The number of carbonyl (C=O) groups excluding carboxylic acids is 1. The molecular weight excluding hydrogens is 428 g/mol. The van der Waals surface area contributed by atoms with Crippen LogP contribution in [0.5, 0.6) is 0 Å². The first-order chi connectivity index (χ1) is 14.5. The number of carboxylic acids is 2. The van der Waals surface area contributed by atoms with Gasteiger partial charge in [-0.05, 0) is 0 Å². The zero-order chi connectivity index (χ0) is 23.5. The molecule has 0 aromatic carbocycles. The van der Waals surface area contributed by atoms with E-state index in [2.05, 4.69) is 4.74 Å². The van der Waals surface area contributed by atoms with Crippen LogP contribution in [0.2, 0.25) is 0 Å². The van der Waals surface area contributed by atoms with Crippen LogP contribution in [0.25, 0.3) is 0 Å². The Kier molecular flexibility index (Phi) is 7.93. The summed E-state index contributed by atoms with van der Waals surface area (Å²) in [6.45, 7) is -0.788. The smallest absolute Gasteiger partial charge is 0.337 e. The highest BCUT2D eigenvalue weighted by Crippen LogP contribution is 2.41. The maximum absolute atomic E-state index is 12.0. The van der Waals surface area contributed by atoms with Crippen LogP contribution in [0.1, 0.15) is 12.8 Å². The Morgan fingerprint density at radius 3 is 2.26 bits per heavy atom. The highest BCUT2D eigenvalue weighted by molar-refractivity contribution is 5.90. The molecule has 31 heavy (non-hydrogen) atoms. The summed E-state index contributed by atoms with van der Waals surface area (Å²) in [5.74, 6) is -5.84. The fourth-order valence-electron chi connectivity index (χ4n) is 3.44. The second-order valence-corrected chi connectivity index (χ2v) is 7.08. The molecule has 0 bridgehead atoms. The molecule has 8 atom stereocenters. The van der Waals surface area contributed by atoms with Gasteiger partial charge in [-0.1, -0.05) is 0 Å². The van der Waals surface area contributed by atoms with Gasteiger partial charge in [0.15, 0.2) is 6.29 Å². The molecule has 2 heterocycles. The zero-order valence-corrected chi connectivity index (χ0v) is 16.2. The van der Waals surface area contributed by atoms with E-state index in [-0.39, 0.29) is 0 Å². The number of hydrogen-bond acceptors (Lipinski definition) is 12. The van der Waals surface area contributed by atoms with E-state index in [0.29, 0.717) is 0 Å². The molecule has 0 radical (unpaired) electrons. The van der Waals surface area contributed by atoms with E-state index >= 15 is 0 Å². The van der Waals surface area contributed by atoms with Crippen LogP contribution in [-0.4, -0.2) is 110 Å². The topological polar surface area (TPSA) is 230 Å². The molecule has 2 aliphatic heterocycles. The van der Waals surface area contributed by atoms with E-state index in [1.165, 1.54) is 0 Å². The molecule has 0 spiro atoms. The predicted molar refractivity (Wildman–Crippen MR) is 92.8 cm³/mol. The number of hydrogen-bond donors (Lipinski definition) is 7. The molecule has 0 unspecified atom stereocenters. The van der Waals surface area contributed by atoms with Crippen LogP contribution in [0, 0.1) is 5.92 Å². The van der Waals surface area contributed by atoms with Crippen LogP contribution in [0.4, 0.5) is 0 Å². The Hall–Kier alpha value is -2.33. The molecule has 1 fully saturated rings. The monoisotopic (exact) mass is 452 g/mol. The molecule has 0 amide bonds. The van der Waals surface area contributed by atoms with Crippen molar-refractivity contribution in [1.29, 1.82) is 0 Å². The average Bonchev–Trinajstić information content (AvgIpc) is 2.70. The number of rotatable bonds is 8. The number of ether oxygens (including phenoxy) is 4. The van der Waals surface area contributed by atoms with Crippen LogP contribution < -0.4 is 0 Å². The molecule has 14 heteroatoms. The van der Waals surface area contributed by atoms with Gasteiger partial charge in [0, 0.05) is 5.92 Å². The maximum atomic E-state index is 12.0. The number of carbonyl (C=O) groups is 3. The van der Waals surface area contributed by atoms with Crippen molar-refractivity contribution < 1.29 is 69.1 Å². The number of esters is 1. The summed E-state index contributed by atoms with van der Waals surface area (Å²) in [7, 11) is 0.980. The van der Waals surface area contributed by atoms with Gasteiger partial charge in [0.1, 0.15) is 30.0 Å². The van der Waals surface area contributed by atoms with Gasteiger partial charge in [-0.3, -0.25) is 9.59 Å². The third kappa shape index (κ3) is 5.12. The SMILES string of the molecule is COC(=O)C1=CO[C@H](O[C@@H]2O[C@H](CO)[C@@H](O)[C@H](O)[C@H]2O)[C@@](O)(CC(=O)O)[C@@H]1CC(=O)O. The summed E-state index contributed by atoms with van der Waals surface area (Å²) >= 11 is 0.